The van der Waals surface area contributed by atoms with E-state index in [0.29, 0.717) is 35.6 Å². The Hall–Kier alpha value is -1.01. The number of amides is 1. The lowest BCUT2D eigenvalue weighted by atomic mass is 10.2. The number of aliphatic hydroxyl groups is 1. The van der Waals surface area contributed by atoms with Gasteiger partial charge in [-0.1, -0.05) is 23.2 Å². The van der Waals surface area contributed by atoms with Crippen molar-refractivity contribution < 1.29 is 19.4 Å². The maximum absolute atomic E-state index is 12.1. The van der Waals surface area contributed by atoms with Crippen molar-refractivity contribution in [3.05, 3.63) is 28.2 Å². The van der Waals surface area contributed by atoms with E-state index in [-0.39, 0.29) is 25.2 Å². The van der Waals surface area contributed by atoms with Crippen LogP contribution in [0.1, 0.15) is 0 Å². The van der Waals surface area contributed by atoms with E-state index in [4.69, 9.17) is 32.7 Å². The van der Waals surface area contributed by atoms with Gasteiger partial charge in [-0.15, -0.1) is 0 Å². The molecule has 1 aromatic carbocycles. The fourth-order valence-electron chi connectivity index (χ4n) is 1.93. The zero-order chi connectivity index (χ0) is 14.5. The Kier molecular flexibility index (Phi) is 5.48. The molecule has 20 heavy (non-hydrogen) atoms. The van der Waals surface area contributed by atoms with Gasteiger partial charge < -0.3 is 19.5 Å². The average Bonchev–Trinajstić information content (AvgIpc) is 2.48. The van der Waals surface area contributed by atoms with Gasteiger partial charge in [-0.3, -0.25) is 4.79 Å². The molecule has 2 rings (SSSR count). The smallest absolute Gasteiger partial charge is 0.260 e. The number of nitrogens with zero attached hydrogens (tertiary/aromatic N) is 1. The predicted molar refractivity (Wildman–Crippen MR) is 75.4 cm³/mol. The molecular formula is C13H15Cl2NO4. The van der Waals surface area contributed by atoms with Crippen LogP contribution < -0.4 is 4.74 Å². The van der Waals surface area contributed by atoms with Crippen LogP contribution >= 0.6 is 23.2 Å². The minimum absolute atomic E-state index is 0.117. The lowest BCUT2D eigenvalue weighted by molar-refractivity contribution is -0.143. The zero-order valence-corrected chi connectivity index (χ0v) is 12.2. The van der Waals surface area contributed by atoms with Crippen molar-refractivity contribution >= 4 is 29.1 Å². The fraction of sp³-hybridized carbons (Fsp3) is 0.462. The molecule has 0 saturated carbocycles. The fourth-order valence-corrected chi connectivity index (χ4v) is 2.22. The Balaban J connectivity index is 1.92. The summed E-state index contributed by atoms with van der Waals surface area (Å²) in [6.07, 6.45) is 0. The molecule has 5 nitrogen and oxygen atoms in total. The van der Waals surface area contributed by atoms with Gasteiger partial charge in [0.1, 0.15) is 5.75 Å². The van der Waals surface area contributed by atoms with Crippen LogP contribution in [0.4, 0.5) is 0 Å². The molecule has 1 unspecified atom stereocenters. The third-order valence-electron chi connectivity index (χ3n) is 3.01. The second kappa shape index (κ2) is 7.13. The molecule has 1 saturated heterocycles. The van der Waals surface area contributed by atoms with Gasteiger partial charge in [0, 0.05) is 12.6 Å². The summed E-state index contributed by atoms with van der Waals surface area (Å²) in [6.45, 7) is 1.02. The second-order valence-electron chi connectivity index (χ2n) is 4.36. The third-order valence-corrected chi connectivity index (χ3v) is 3.75. The van der Waals surface area contributed by atoms with Crippen molar-refractivity contribution in [3.8, 4) is 5.75 Å². The normalized spacial score (nSPS) is 18.9. The van der Waals surface area contributed by atoms with E-state index in [1.54, 1.807) is 23.1 Å². The van der Waals surface area contributed by atoms with E-state index in [1.165, 1.54) is 0 Å². The molecule has 1 aromatic rings. The largest absolute Gasteiger partial charge is 0.484 e. The number of halogens is 2. The highest BCUT2D eigenvalue weighted by atomic mass is 35.5. The Morgan fingerprint density at radius 2 is 2.25 bits per heavy atom. The van der Waals surface area contributed by atoms with Crippen LogP contribution in [0.3, 0.4) is 0 Å². The van der Waals surface area contributed by atoms with E-state index in [2.05, 4.69) is 0 Å². The third kappa shape index (κ3) is 3.76. The summed E-state index contributed by atoms with van der Waals surface area (Å²) in [7, 11) is 0. The number of aliphatic hydroxyl groups excluding tert-OH is 1. The molecule has 1 N–H and O–H groups in total. The van der Waals surface area contributed by atoms with E-state index in [1.807, 2.05) is 0 Å². The second-order valence-corrected chi connectivity index (χ2v) is 5.18. The highest BCUT2D eigenvalue weighted by Gasteiger charge is 2.26. The Morgan fingerprint density at radius 3 is 2.95 bits per heavy atom. The Bertz CT molecular complexity index is 483. The summed E-state index contributed by atoms with van der Waals surface area (Å²) >= 11 is 11.7. The van der Waals surface area contributed by atoms with Gasteiger partial charge >= 0.3 is 0 Å². The maximum Gasteiger partial charge on any atom is 0.260 e. The minimum Gasteiger partial charge on any atom is -0.484 e. The molecular weight excluding hydrogens is 305 g/mol. The quantitative estimate of drug-likeness (QED) is 0.915. The zero-order valence-electron chi connectivity index (χ0n) is 10.7. The molecule has 0 spiro atoms. The number of carbonyl (C=O) groups excluding carboxylic acids is 1. The lowest BCUT2D eigenvalue weighted by Gasteiger charge is -2.34. The number of morpholine rings is 1. The highest BCUT2D eigenvalue weighted by Crippen LogP contribution is 2.26. The van der Waals surface area contributed by atoms with E-state index < -0.39 is 0 Å². The van der Waals surface area contributed by atoms with Crippen LogP contribution in [0, 0.1) is 0 Å². The number of hydrogen-bond donors (Lipinski definition) is 1. The standard InChI is InChI=1S/C13H15Cl2NO4/c14-11-2-1-10(5-12(11)15)20-8-13(18)16-3-4-19-7-9(16)6-17/h1-2,5,9,17H,3-4,6-8H2. The summed E-state index contributed by atoms with van der Waals surface area (Å²) < 4.78 is 10.6. The summed E-state index contributed by atoms with van der Waals surface area (Å²) in [5.74, 6) is 0.278. The lowest BCUT2D eigenvalue weighted by Crippen LogP contribution is -2.51. The number of ether oxygens (including phenoxy) is 2. The first kappa shape index (κ1) is 15.4. The Morgan fingerprint density at radius 1 is 1.45 bits per heavy atom. The molecule has 110 valence electrons. The molecule has 1 fully saturated rings. The highest BCUT2D eigenvalue weighted by molar-refractivity contribution is 6.42. The van der Waals surface area contributed by atoms with Crippen molar-refractivity contribution in [1.29, 1.82) is 0 Å². The first-order chi connectivity index (χ1) is 9.61. The molecule has 0 aliphatic carbocycles. The van der Waals surface area contributed by atoms with Gasteiger partial charge in [-0.05, 0) is 12.1 Å². The van der Waals surface area contributed by atoms with Crippen LogP contribution in [0.5, 0.6) is 5.75 Å². The number of carbonyl (C=O) groups is 1. The van der Waals surface area contributed by atoms with Gasteiger partial charge in [-0.2, -0.15) is 0 Å². The molecule has 7 heteroatoms. The van der Waals surface area contributed by atoms with Gasteiger partial charge in [0.2, 0.25) is 0 Å². The van der Waals surface area contributed by atoms with Crippen molar-refractivity contribution in [2.75, 3.05) is 33.0 Å². The first-order valence-corrected chi connectivity index (χ1v) is 6.93. The van der Waals surface area contributed by atoms with Crippen LogP contribution in [-0.4, -0.2) is 54.9 Å². The van der Waals surface area contributed by atoms with Crippen molar-refractivity contribution in [2.45, 2.75) is 6.04 Å². The maximum atomic E-state index is 12.1. The topological polar surface area (TPSA) is 59.0 Å². The predicted octanol–water partition coefficient (Wildman–Crippen LogP) is 1.59. The van der Waals surface area contributed by atoms with Gasteiger partial charge in [0.25, 0.3) is 5.91 Å². The molecule has 1 aliphatic heterocycles. The molecule has 0 aromatic heterocycles. The molecule has 1 aliphatic rings. The molecule has 0 radical (unpaired) electrons. The van der Waals surface area contributed by atoms with E-state index in [0.717, 1.165) is 0 Å². The van der Waals surface area contributed by atoms with Crippen LogP contribution in [0.15, 0.2) is 18.2 Å². The summed E-state index contributed by atoms with van der Waals surface area (Å²) in [6, 6.07) is 4.49. The van der Waals surface area contributed by atoms with E-state index >= 15 is 0 Å². The monoisotopic (exact) mass is 319 g/mol. The number of rotatable bonds is 4. The van der Waals surface area contributed by atoms with Crippen LogP contribution in [0.2, 0.25) is 10.0 Å². The molecule has 1 amide bonds. The summed E-state index contributed by atoms with van der Waals surface area (Å²) in [4.78, 5) is 13.6. The Labute approximate surface area is 127 Å². The van der Waals surface area contributed by atoms with Gasteiger partial charge in [0.05, 0.1) is 35.9 Å². The molecule has 0 bridgehead atoms. The molecule has 1 heterocycles. The average molecular weight is 320 g/mol. The molecule has 1 atom stereocenters. The summed E-state index contributed by atoms with van der Waals surface area (Å²) in [5, 5.41) is 10.0. The first-order valence-electron chi connectivity index (χ1n) is 6.17. The van der Waals surface area contributed by atoms with Gasteiger partial charge in [-0.25, -0.2) is 0 Å². The van der Waals surface area contributed by atoms with E-state index in [9.17, 15) is 9.90 Å². The van der Waals surface area contributed by atoms with Crippen molar-refractivity contribution in [1.82, 2.24) is 4.90 Å². The van der Waals surface area contributed by atoms with Crippen LogP contribution in [0.25, 0.3) is 0 Å². The SMILES string of the molecule is O=C(COc1ccc(Cl)c(Cl)c1)N1CCOCC1CO. The minimum atomic E-state index is -0.311. The van der Waals surface area contributed by atoms with Crippen molar-refractivity contribution in [2.24, 2.45) is 0 Å². The number of benzene rings is 1. The summed E-state index contributed by atoms with van der Waals surface area (Å²) in [5.41, 5.74) is 0. The van der Waals surface area contributed by atoms with Crippen molar-refractivity contribution in [3.63, 3.8) is 0 Å². The number of hydrogen-bond acceptors (Lipinski definition) is 4. The van der Waals surface area contributed by atoms with Crippen LogP contribution in [-0.2, 0) is 9.53 Å². The van der Waals surface area contributed by atoms with Gasteiger partial charge in [0.15, 0.2) is 6.61 Å².